The zero-order valence-corrected chi connectivity index (χ0v) is 19.8. The van der Waals surface area contributed by atoms with Crippen LogP contribution in [0.4, 0.5) is 18.9 Å². The fourth-order valence-corrected chi connectivity index (χ4v) is 9.98. The average Bonchev–Trinajstić information content (AvgIpc) is 3.27. The Balaban J connectivity index is 1.68. The summed E-state index contributed by atoms with van der Waals surface area (Å²) in [6.45, 7) is 0.374. The maximum absolute atomic E-state index is 14.1. The van der Waals surface area contributed by atoms with Crippen molar-refractivity contribution in [2.24, 2.45) is 0 Å². The van der Waals surface area contributed by atoms with Crippen molar-refractivity contribution in [1.29, 1.82) is 0 Å². The van der Waals surface area contributed by atoms with Gasteiger partial charge in [-0.1, -0.05) is 60.7 Å². The van der Waals surface area contributed by atoms with E-state index in [1.54, 1.807) is 6.07 Å². The maximum atomic E-state index is 14.1. The first-order chi connectivity index (χ1) is 16.9. The summed E-state index contributed by atoms with van der Waals surface area (Å²) in [5.41, 5.74) is -0.842. The number of hydrogen-bond donors (Lipinski definition) is 0. The number of hydrogen-bond acceptors (Lipinski definition) is 1. The summed E-state index contributed by atoms with van der Waals surface area (Å²) in [5, 5.41) is 3.25. The van der Waals surface area contributed by atoms with Gasteiger partial charge in [0, 0.05) is 18.7 Å². The predicted octanol–water partition coefficient (Wildman–Crippen LogP) is 5.80. The maximum Gasteiger partial charge on any atom is 0.416 e. The standard InChI is InChI=1S/C29H24F3NOP/c30-29(31,32)22-11-10-12-23(21-22)33-20-19-27(28(33)34)35(24-13-4-1-5-14-24,25-15-6-2-7-16-25)26-17-8-3-9-18-26/h1-18,21,27H,19-20H2/q+1. The highest BCUT2D eigenvalue weighted by atomic mass is 31.2. The molecule has 0 bridgehead atoms. The molecule has 1 fully saturated rings. The van der Waals surface area contributed by atoms with E-state index < -0.39 is 19.0 Å². The Hall–Kier alpha value is -3.43. The van der Waals surface area contributed by atoms with Crippen LogP contribution >= 0.6 is 7.26 Å². The molecule has 6 heteroatoms. The van der Waals surface area contributed by atoms with Gasteiger partial charge in [0.05, 0.1) is 5.56 Å². The molecular formula is C29H24F3NOP+. The fraction of sp³-hybridized carbons (Fsp3) is 0.138. The normalized spacial score (nSPS) is 16.5. The molecule has 0 aromatic heterocycles. The molecule has 1 saturated heterocycles. The molecule has 0 aliphatic carbocycles. The van der Waals surface area contributed by atoms with E-state index in [4.69, 9.17) is 0 Å². The van der Waals surface area contributed by atoms with Gasteiger partial charge in [-0.25, -0.2) is 0 Å². The predicted molar refractivity (Wildman–Crippen MR) is 137 cm³/mol. The number of carbonyl (C=O) groups is 1. The van der Waals surface area contributed by atoms with Gasteiger partial charge < -0.3 is 4.90 Å². The summed E-state index contributed by atoms with van der Waals surface area (Å²) < 4.78 is 40.2. The number of benzene rings is 4. The minimum atomic E-state index is -4.47. The summed E-state index contributed by atoms with van der Waals surface area (Å²) in [4.78, 5) is 15.6. The van der Waals surface area contributed by atoms with Gasteiger partial charge in [-0.05, 0) is 54.6 Å². The molecule has 4 aromatic carbocycles. The second-order valence-electron chi connectivity index (χ2n) is 8.57. The van der Waals surface area contributed by atoms with E-state index in [-0.39, 0.29) is 11.6 Å². The van der Waals surface area contributed by atoms with Crippen LogP contribution < -0.4 is 20.8 Å². The van der Waals surface area contributed by atoms with Gasteiger partial charge in [0.25, 0.3) is 5.91 Å². The Kier molecular flexibility index (Phi) is 6.21. The van der Waals surface area contributed by atoms with Gasteiger partial charge in [-0.3, -0.25) is 4.79 Å². The third kappa shape index (κ3) is 4.15. The van der Waals surface area contributed by atoms with Gasteiger partial charge >= 0.3 is 6.18 Å². The lowest BCUT2D eigenvalue weighted by Crippen LogP contribution is -2.42. The van der Waals surface area contributed by atoms with E-state index in [1.807, 2.05) is 54.6 Å². The highest BCUT2D eigenvalue weighted by Crippen LogP contribution is 2.62. The van der Waals surface area contributed by atoms with Crippen molar-refractivity contribution in [3.05, 3.63) is 121 Å². The SMILES string of the molecule is O=C1C([P+](c2ccccc2)(c2ccccc2)c2ccccc2)CCN1c1cccc(C(F)(F)F)c1. The second kappa shape index (κ2) is 9.31. The van der Waals surface area contributed by atoms with Crippen molar-refractivity contribution in [3.63, 3.8) is 0 Å². The van der Waals surface area contributed by atoms with Crippen molar-refractivity contribution < 1.29 is 18.0 Å². The summed E-state index contributed by atoms with van der Waals surface area (Å²) >= 11 is 0. The van der Waals surface area contributed by atoms with Crippen LogP contribution in [0.25, 0.3) is 0 Å². The third-order valence-corrected chi connectivity index (χ3v) is 11.4. The fourth-order valence-electron chi connectivity index (χ4n) is 5.11. The minimum Gasteiger partial charge on any atom is -0.309 e. The molecule has 5 rings (SSSR count). The minimum absolute atomic E-state index is 0.130. The Morgan fingerprint density at radius 2 is 1.17 bits per heavy atom. The number of nitrogens with zero attached hydrogens (tertiary/aromatic N) is 1. The summed E-state index contributed by atoms with van der Waals surface area (Å²) in [7, 11) is -2.47. The lowest BCUT2D eigenvalue weighted by molar-refractivity contribution is -0.137. The molecule has 1 atom stereocenters. The molecule has 1 amide bonds. The zero-order chi connectivity index (χ0) is 24.5. The van der Waals surface area contributed by atoms with Crippen LogP contribution in [-0.2, 0) is 11.0 Å². The molecule has 1 aliphatic heterocycles. The van der Waals surface area contributed by atoms with E-state index in [9.17, 15) is 18.0 Å². The third-order valence-electron chi connectivity index (χ3n) is 6.62. The molecule has 2 nitrogen and oxygen atoms in total. The van der Waals surface area contributed by atoms with Crippen LogP contribution in [0, 0.1) is 0 Å². The zero-order valence-electron chi connectivity index (χ0n) is 18.9. The second-order valence-corrected chi connectivity index (χ2v) is 12.2. The Morgan fingerprint density at radius 1 is 0.686 bits per heavy atom. The van der Waals surface area contributed by atoms with E-state index in [0.29, 0.717) is 18.7 Å². The summed E-state index contributed by atoms with van der Waals surface area (Å²) in [6, 6.07) is 35.3. The number of anilines is 1. The van der Waals surface area contributed by atoms with E-state index in [2.05, 4.69) is 36.4 Å². The largest absolute Gasteiger partial charge is 0.416 e. The molecule has 0 N–H and O–H groups in total. The highest BCUT2D eigenvalue weighted by Gasteiger charge is 2.58. The topological polar surface area (TPSA) is 20.3 Å². The molecular weight excluding hydrogens is 466 g/mol. The van der Waals surface area contributed by atoms with Crippen molar-refractivity contribution in [2.75, 3.05) is 11.4 Å². The van der Waals surface area contributed by atoms with E-state index >= 15 is 0 Å². The van der Waals surface area contributed by atoms with Crippen LogP contribution in [-0.4, -0.2) is 18.1 Å². The Bertz CT molecular complexity index is 1210. The highest BCUT2D eigenvalue weighted by molar-refractivity contribution is 7.97. The van der Waals surface area contributed by atoms with Crippen LogP contribution in [0.15, 0.2) is 115 Å². The lowest BCUT2D eigenvalue weighted by atomic mass is 10.2. The number of amides is 1. The molecule has 1 aliphatic rings. The summed E-state index contributed by atoms with van der Waals surface area (Å²) in [5.74, 6) is -0.130. The van der Waals surface area contributed by atoms with Gasteiger partial charge in [0.2, 0.25) is 0 Å². The van der Waals surface area contributed by atoms with Crippen molar-refractivity contribution in [2.45, 2.75) is 18.3 Å². The molecule has 35 heavy (non-hydrogen) atoms. The number of halogens is 3. The van der Waals surface area contributed by atoms with E-state index in [1.165, 1.54) is 11.0 Å². The van der Waals surface area contributed by atoms with Crippen LogP contribution in [0.2, 0.25) is 0 Å². The molecule has 176 valence electrons. The molecule has 0 saturated carbocycles. The Morgan fingerprint density at radius 3 is 1.63 bits per heavy atom. The summed E-state index contributed by atoms with van der Waals surface area (Å²) in [6.07, 6.45) is -3.91. The number of carbonyl (C=O) groups excluding carboxylic acids is 1. The molecule has 1 unspecified atom stereocenters. The van der Waals surface area contributed by atoms with Gasteiger partial charge in [0.1, 0.15) is 23.2 Å². The molecule has 1 heterocycles. The van der Waals surface area contributed by atoms with Gasteiger partial charge in [-0.2, -0.15) is 13.2 Å². The molecule has 4 aromatic rings. The van der Waals surface area contributed by atoms with Crippen molar-refractivity contribution >= 4 is 34.8 Å². The first kappa shape index (κ1) is 23.3. The molecule has 0 radical (unpaired) electrons. The number of alkyl halides is 3. The van der Waals surface area contributed by atoms with Crippen molar-refractivity contribution in [3.8, 4) is 0 Å². The first-order valence-corrected chi connectivity index (χ1v) is 13.3. The lowest BCUT2D eigenvalue weighted by Gasteiger charge is -2.32. The quantitative estimate of drug-likeness (QED) is 0.324. The smallest absolute Gasteiger partial charge is 0.309 e. The average molecular weight is 490 g/mol. The van der Waals surface area contributed by atoms with Gasteiger partial charge in [-0.15, -0.1) is 0 Å². The number of rotatable bonds is 5. The first-order valence-electron chi connectivity index (χ1n) is 11.5. The Labute approximate surface area is 203 Å². The molecule has 0 spiro atoms. The van der Waals surface area contributed by atoms with Crippen LogP contribution in [0.5, 0.6) is 0 Å². The van der Waals surface area contributed by atoms with Gasteiger partial charge in [0.15, 0.2) is 5.66 Å². The van der Waals surface area contributed by atoms with Crippen LogP contribution in [0.3, 0.4) is 0 Å². The van der Waals surface area contributed by atoms with Crippen molar-refractivity contribution in [1.82, 2.24) is 0 Å². The van der Waals surface area contributed by atoms with E-state index in [0.717, 1.165) is 28.0 Å². The monoisotopic (exact) mass is 490 g/mol. The van der Waals surface area contributed by atoms with Crippen LogP contribution in [0.1, 0.15) is 12.0 Å².